The van der Waals surface area contributed by atoms with E-state index in [9.17, 15) is 29.5 Å². The smallest absolute Gasteiger partial charge is 0.410 e. The van der Waals surface area contributed by atoms with Crippen molar-refractivity contribution < 1.29 is 34.2 Å². The van der Waals surface area contributed by atoms with Crippen LogP contribution in [0.15, 0.2) is 42.5 Å². The Morgan fingerprint density at radius 3 is 2.29 bits per heavy atom. The zero-order valence-corrected chi connectivity index (χ0v) is 29.3. The van der Waals surface area contributed by atoms with E-state index in [1.54, 1.807) is 21.9 Å². The summed E-state index contributed by atoms with van der Waals surface area (Å²) in [5, 5.41) is 23.0. The fraction of sp³-hybridized carbons (Fsp3) is 0.556. The van der Waals surface area contributed by atoms with Crippen molar-refractivity contribution in [2.24, 2.45) is 0 Å². The summed E-state index contributed by atoms with van der Waals surface area (Å²) in [6, 6.07) is 12.7. The average molecular weight is 702 g/mol. The molecule has 0 spiro atoms. The number of carbonyl (C=O) groups is 4. The van der Waals surface area contributed by atoms with Crippen molar-refractivity contribution in [1.29, 1.82) is 0 Å². The van der Waals surface area contributed by atoms with Gasteiger partial charge in [-0.1, -0.05) is 35.8 Å². The summed E-state index contributed by atoms with van der Waals surface area (Å²) in [7, 11) is 7.29. The lowest BCUT2D eigenvalue weighted by atomic mass is 9.91. The molecule has 14 nitrogen and oxygen atoms in total. The van der Waals surface area contributed by atoms with Gasteiger partial charge in [0.2, 0.25) is 0 Å². The molecule has 2 aromatic rings. The van der Waals surface area contributed by atoms with Gasteiger partial charge in [0.15, 0.2) is 6.10 Å². The highest BCUT2D eigenvalue weighted by molar-refractivity contribution is 6.34. The van der Waals surface area contributed by atoms with E-state index in [2.05, 4.69) is 10.2 Å². The Bertz CT molecular complexity index is 1570. The number of phenolic OH excluding ortho intramolecular Hbond substituents is 1. The van der Waals surface area contributed by atoms with E-state index in [4.69, 9.17) is 12.6 Å². The van der Waals surface area contributed by atoms with Crippen LogP contribution in [0.1, 0.15) is 36.8 Å². The van der Waals surface area contributed by atoms with E-state index < -0.39 is 12.2 Å². The van der Waals surface area contributed by atoms with Crippen LogP contribution in [0.2, 0.25) is 0 Å². The predicted octanol–water partition coefficient (Wildman–Crippen LogP) is 1.24. The molecular weight excluding hydrogens is 653 g/mol. The summed E-state index contributed by atoms with van der Waals surface area (Å²) >= 11 is 0. The number of ether oxygens (including phenoxy) is 1. The summed E-state index contributed by atoms with van der Waals surface area (Å²) < 4.78 is 5.98. The highest BCUT2D eigenvalue weighted by Crippen LogP contribution is 2.26. The molecule has 0 saturated carbocycles. The third-order valence-corrected chi connectivity index (χ3v) is 10.8. The molecule has 2 radical (unpaired) electrons. The maximum absolute atomic E-state index is 14.0. The number of hydroxylamine groups is 2. The largest absolute Gasteiger partial charge is 0.509 e. The fourth-order valence-corrected chi connectivity index (χ4v) is 7.67. The highest BCUT2D eigenvalue weighted by Gasteiger charge is 2.36. The number of nitrogens with zero attached hydrogens (tertiary/aromatic N) is 6. The summed E-state index contributed by atoms with van der Waals surface area (Å²) in [5.74, 6) is -0.659. The Morgan fingerprint density at radius 2 is 1.61 bits per heavy atom. The number of rotatable bonds is 8. The van der Waals surface area contributed by atoms with Crippen LogP contribution < -0.4 is 10.8 Å². The minimum Gasteiger partial charge on any atom is -0.509 e. The van der Waals surface area contributed by atoms with Crippen molar-refractivity contribution in [2.45, 2.75) is 56.7 Å². The number of hydrogen-bond acceptors (Lipinski definition) is 9. The molecule has 3 fully saturated rings. The van der Waals surface area contributed by atoms with Crippen molar-refractivity contribution in [3.63, 3.8) is 0 Å². The number of nitrogens with one attached hydrogen (secondary N) is 1. The van der Waals surface area contributed by atoms with Gasteiger partial charge in [-0.3, -0.25) is 24.6 Å². The molecular formula is C36H48BN7O7. The molecule has 15 heteroatoms. The number of phenols is 1. The maximum atomic E-state index is 14.0. The maximum Gasteiger partial charge on any atom is 0.410 e. The summed E-state index contributed by atoms with van der Waals surface area (Å²) in [6.45, 7) is 5.46. The monoisotopic (exact) mass is 701 g/mol. The van der Waals surface area contributed by atoms with Gasteiger partial charge in [0.25, 0.3) is 11.8 Å². The second kappa shape index (κ2) is 16.3. The molecule has 0 aliphatic carbocycles. The van der Waals surface area contributed by atoms with E-state index >= 15 is 0 Å². The number of hydrogen-bond donors (Lipinski definition) is 3. The van der Waals surface area contributed by atoms with Crippen LogP contribution in [0.3, 0.4) is 0 Å². The molecule has 3 N–H and O–H groups in total. The number of amides is 5. The van der Waals surface area contributed by atoms with Crippen LogP contribution in [0.5, 0.6) is 5.75 Å². The molecule has 1 atom stereocenters. The van der Waals surface area contributed by atoms with Gasteiger partial charge in [0, 0.05) is 90.1 Å². The number of anilines is 1. The molecule has 2 aromatic carbocycles. The lowest BCUT2D eigenvalue weighted by molar-refractivity contribution is -0.160. The molecule has 6 rings (SSSR count). The van der Waals surface area contributed by atoms with Crippen molar-refractivity contribution >= 4 is 42.9 Å². The van der Waals surface area contributed by atoms with Crippen LogP contribution in [-0.4, -0.2) is 162 Å². The topological polar surface area (TPSA) is 149 Å². The standard InChI is InChI=1S/C36H48BN7O7/c1-39(50)33(46)24-40-13-9-27(10-14-40)41-18-20-42(21-19-41)34(47)32(23-25-6-7-31(45)29(37)22-25)51-36(49)43-15-11-28(12-16-43)44-17-8-26-4-2-3-5-30(26)38-35(44)48/h2-7,22,27-28,32,45,50H,8-21,23-24H2,1H3,(H,38,48)/t32-/m1/s1. The SMILES string of the molecule is [B]c1cc(C[C@@H](OC(=O)N2CCC(N3CCc4ccccc4NC3=O)CC2)C(=O)N2CCN(C3CCN(CC(=O)N(C)O)CC3)CC2)ccc1O. The first-order valence-corrected chi connectivity index (χ1v) is 17.9. The van der Waals surface area contributed by atoms with Gasteiger partial charge in [0.1, 0.15) is 13.6 Å². The molecule has 5 amide bonds. The van der Waals surface area contributed by atoms with Crippen molar-refractivity contribution in [1.82, 2.24) is 29.6 Å². The number of piperidine rings is 2. The Labute approximate surface area is 300 Å². The quantitative estimate of drug-likeness (QED) is 0.210. The number of carbonyl (C=O) groups excluding carboxylic acids is 4. The van der Waals surface area contributed by atoms with Gasteiger partial charge in [-0.2, -0.15) is 0 Å². The number of benzene rings is 2. The van der Waals surface area contributed by atoms with Gasteiger partial charge >= 0.3 is 12.1 Å². The molecule has 3 saturated heterocycles. The number of para-hydroxylation sites is 1. The number of fused-ring (bicyclic) bond motifs is 1. The van der Waals surface area contributed by atoms with Gasteiger partial charge in [-0.05, 0) is 55.4 Å². The normalized spacial score (nSPS) is 20.3. The molecule has 0 aromatic heterocycles. The first kappa shape index (κ1) is 36.5. The second-order valence-electron chi connectivity index (χ2n) is 14.0. The van der Waals surface area contributed by atoms with Crippen molar-refractivity contribution in [3.05, 3.63) is 53.6 Å². The zero-order chi connectivity index (χ0) is 36.1. The predicted molar refractivity (Wildman–Crippen MR) is 190 cm³/mol. The summed E-state index contributed by atoms with van der Waals surface area (Å²) in [5.41, 5.74) is 2.78. The molecule has 272 valence electrons. The molecule has 4 aliphatic heterocycles. The number of urea groups is 1. The van der Waals surface area contributed by atoms with Crippen molar-refractivity contribution in [3.8, 4) is 5.75 Å². The van der Waals surface area contributed by atoms with E-state index in [0.717, 1.165) is 43.6 Å². The van der Waals surface area contributed by atoms with Gasteiger partial charge in [0.05, 0.1) is 6.54 Å². The number of likely N-dealkylation sites (N-methyl/N-ethyl adjacent to an activating group) is 1. The summed E-state index contributed by atoms with van der Waals surface area (Å²) in [4.78, 5) is 62.2. The third kappa shape index (κ3) is 8.94. The highest BCUT2D eigenvalue weighted by atomic mass is 16.6. The summed E-state index contributed by atoms with van der Waals surface area (Å²) in [6.07, 6.45) is 2.21. The Balaban J connectivity index is 1.03. The molecule has 0 unspecified atom stereocenters. The van der Waals surface area contributed by atoms with Crippen LogP contribution in [-0.2, 0) is 27.2 Å². The zero-order valence-electron chi connectivity index (χ0n) is 29.3. The number of piperazine rings is 1. The third-order valence-electron chi connectivity index (χ3n) is 10.8. The Morgan fingerprint density at radius 1 is 0.922 bits per heavy atom. The van der Waals surface area contributed by atoms with Crippen LogP contribution in [0.4, 0.5) is 15.3 Å². The van der Waals surface area contributed by atoms with Crippen LogP contribution in [0, 0.1) is 0 Å². The fourth-order valence-electron chi connectivity index (χ4n) is 7.67. The molecule has 51 heavy (non-hydrogen) atoms. The minimum absolute atomic E-state index is 0.0194. The lowest BCUT2D eigenvalue weighted by Gasteiger charge is -2.43. The van der Waals surface area contributed by atoms with E-state index in [1.807, 2.05) is 34.1 Å². The van der Waals surface area contributed by atoms with E-state index in [0.29, 0.717) is 75.3 Å². The first-order chi connectivity index (χ1) is 24.5. The van der Waals surface area contributed by atoms with Gasteiger partial charge < -0.3 is 29.9 Å². The first-order valence-electron chi connectivity index (χ1n) is 17.9. The van der Waals surface area contributed by atoms with Gasteiger partial charge in [-0.15, -0.1) is 0 Å². The number of likely N-dealkylation sites (tertiary alicyclic amines) is 2. The molecule has 4 aliphatic rings. The Hall–Kier alpha value is -4.34. The second-order valence-corrected chi connectivity index (χ2v) is 14.0. The molecule has 4 heterocycles. The molecule has 0 bridgehead atoms. The van der Waals surface area contributed by atoms with Crippen LogP contribution in [0.25, 0.3) is 0 Å². The van der Waals surface area contributed by atoms with E-state index in [-0.39, 0.29) is 48.1 Å². The lowest BCUT2D eigenvalue weighted by Crippen LogP contribution is -2.57. The van der Waals surface area contributed by atoms with E-state index in [1.165, 1.54) is 13.1 Å². The van der Waals surface area contributed by atoms with Gasteiger partial charge in [-0.25, -0.2) is 14.7 Å². The van der Waals surface area contributed by atoms with Crippen LogP contribution >= 0.6 is 0 Å². The minimum atomic E-state index is -1.08. The average Bonchev–Trinajstić information content (AvgIpc) is 3.31. The Kier molecular flexibility index (Phi) is 11.7. The van der Waals surface area contributed by atoms with Crippen molar-refractivity contribution in [2.75, 3.05) is 77.8 Å². The number of aromatic hydroxyl groups is 1.